The molecule has 2 aliphatic carbocycles. The van der Waals surface area contributed by atoms with Gasteiger partial charge in [0.15, 0.2) is 5.60 Å². The molecule has 9 amide bonds. The minimum Gasteiger partial charge on any atom is -0.459 e. The third-order valence-corrected chi connectivity index (χ3v) is 16.0. The Hall–Kier alpha value is -9.44. The van der Waals surface area contributed by atoms with Gasteiger partial charge < -0.3 is 60.5 Å². The summed E-state index contributed by atoms with van der Waals surface area (Å²) in [7, 11) is 0. The van der Waals surface area contributed by atoms with E-state index < -0.39 is 157 Å². The van der Waals surface area contributed by atoms with Gasteiger partial charge in [0.1, 0.15) is 55.1 Å². The summed E-state index contributed by atoms with van der Waals surface area (Å²) in [4.78, 5) is 167. The van der Waals surface area contributed by atoms with Crippen molar-refractivity contribution in [3.05, 3.63) is 110 Å². The predicted molar refractivity (Wildman–Crippen MR) is 319 cm³/mol. The van der Waals surface area contributed by atoms with Crippen LogP contribution in [0.1, 0.15) is 119 Å². The van der Waals surface area contributed by atoms with E-state index in [1.54, 1.807) is 91.8 Å². The number of esters is 2. The summed E-state index contributed by atoms with van der Waals surface area (Å²) < 4.78 is 39.1. The lowest BCUT2D eigenvalue weighted by atomic mass is 9.81. The standard InChI is InChI=1S/C63H73FN10O17/c1-9-63(87)38-22-43-53-36(27-73(43)58(84)37(38)30-88-59(63)85)52-40(18-17-35-32(2)39(64)23-41(70-53)51(35)52)71-57(83)54(34-15-16-34)89-31-68-46(76)25-66-55(81)42(21-33-13-11-10-12-14-33)69-47(77)26-65-45(75)24-67-56(82)44(74-48(78)19-20-49(74)79)28-72(60(86)91-62(6,7)8)29-50(80)90-61(3,4)5/h10-14,19-20,22-23,34,40,42,44,54,87H,9,15-18,21,24-31H2,1-8H3,(H,65,75)(H,66,81)(H,67,82)(H,68,76)(H,69,77)(H,71,83)/t40-,42-,44-,54-,63-/m0/s1. The van der Waals surface area contributed by atoms with Gasteiger partial charge in [0.25, 0.3) is 17.4 Å². The molecule has 0 bridgehead atoms. The molecular weight excluding hydrogens is 1190 g/mol. The van der Waals surface area contributed by atoms with E-state index in [-0.39, 0.29) is 43.0 Å². The van der Waals surface area contributed by atoms with E-state index in [2.05, 4.69) is 31.9 Å². The van der Waals surface area contributed by atoms with Crippen LogP contribution in [0, 0.1) is 18.7 Å². The van der Waals surface area contributed by atoms with Crippen LogP contribution in [0.3, 0.4) is 0 Å². The van der Waals surface area contributed by atoms with Gasteiger partial charge >= 0.3 is 18.0 Å². The maximum absolute atomic E-state index is 15.6. The van der Waals surface area contributed by atoms with Crippen molar-refractivity contribution in [2.75, 3.05) is 39.5 Å². The molecule has 0 spiro atoms. The minimum atomic E-state index is -2.08. The van der Waals surface area contributed by atoms with Gasteiger partial charge in [-0.2, -0.15) is 0 Å². The average Bonchev–Trinajstić information content (AvgIpc) is 1.64. The number of rotatable bonds is 23. The number of amides is 9. The minimum absolute atomic E-state index is 0.0301. The van der Waals surface area contributed by atoms with Crippen molar-refractivity contribution in [1.82, 2.24) is 51.3 Å². The highest BCUT2D eigenvalue weighted by Gasteiger charge is 2.47. The second-order valence-corrected chi connectivity index (χ2v) is 24.9. The lowest BCUT2D eigenvalue weighted by Crippen LogP contribution is -2.57. The van der Waals surface area contributed by atoms with Crippen LogP contribution in [0.15, 0.2) is 59.4 Å². The van der Waals surface area contributed by atoms with Crippen molar-refractivity contribution in [2.24, 2.45) is 5.92 Å². The number of fused-ring (bicyclic) bond motifs is 5. The number of pyridine rings is 2. The van der Waals surface area contributed by atoms with E-state index in [1.807, 2.05) is 0 Å². The Morgan fingerprint density at radius 3 is 2.11 bits per heavy atom. The molecule has 1 saturated carbocycles. The molecule has 91 heavy (non-hydrogen) atoms. The molecule has 28 heteroatoms. The highest BCUT2D eigenvalue weighted by atomic mass is 19.1. The third kappa shape index (κ3) is 14.9. The van der Waals surface area contributed by atoms with Gasteiger partial charge in [0.05, 0.1) is 61.2 Å². The second-order valence-electron chi connectivity index (χ2n) is 24.9. The van der Waals surface area contributed by atoms with Crippen LogP contribution >= 0.6 is 0 Å². The summed E-state index contributed by atoms with van der Waals surface area (Å²) in [5, 5.41) is 27.5. The number of hydrogen-bond acceptors (Lipinski definition) is 18. The number of nitrogens with one attached hydrogen (secondary N) is 6. The number of aryl methyl sites for hydroxylation is 1. The fraction of sp³-hybridized carbons (Fsp3) is 0.476. The molecule has 4 aromatic rings. The zero-order valence-corrected chi connectivity index (χ0v) is 51.6. The molecular formula is C63H73FN10O17. The van der Waals surface area contributed by atoms with E-state index in [4.69, 9.17) is 23.9 Å². The normalized spacial score (nSPS) is 18.2. The van der Waals surface area contributed by atoms with Crippen LogP contribution in [-0.2, 0) is 98.5 Å². The van der Waals surface area contributed by atoms with Crippen LogP contribution in [0.4, 0.5) is 9.18 Å². The van der Waals surface area contributed by atoms with Crippen molar-refractivity contribution in [1.29, 1.82) is 0 Å². The Morgan fingerprint density at radius 2 is 1.46 bits per heavy atom. The molecule has 0 radical (unpaired) electrons. The second kappa shape index (κ2) is 26.6. The molecule has 2 aromatic heterocycles. The third-order valence-electron chi connectivity index (χ3n) is 16.0. The van der Waals surface area contributed by atoms with E-state index >= 15 is 4.39 Å². The molecule has 0 saturated heterocycles. The first-order valence-electron chi connectivity index (χ1n) is 29.9. The number of carbonyl (C=O) groups excluding carboxylic acids is 11. The van der Waals surface area contributed by atoms with E-state index in [1.165, 1.54) is 10.6 Å². The van der Waals surface area contributed by atoms with Gasteiger partial charge in [-0.15, -0.1) is 0 Å². The summed E-state index contributed by atoms with van der Waals surface area (Å²) in [5.74, 6) is -9.17. The van der Waals surface area contributed by atoms with Gasteiger partial charge in [-0.1, -0.05) is 37.3 Å². The van der Waals surface area contributed by atoms with Gasteiger partial charge in [-0.05, 0) is 115 Å². The van der Waals surface area contributed by atoms with Crippen molar-refractivity contribution in [3.63, 3.8) is 0 Å². The van der Waals surface area contributed by atoms with E-state index in [0.29, 0.717) is 80.7 Å². The van der Waals surface area contributed by atoms with Crippen molar-refractivity contribution in [3.8, 4) is 11.4 Å². The highest BCUT2D eigenvalue weighted by molar-refractivity contribution is 6.15. The molecule has 3 aliphatic heterocycles. The van der Waals surface area contributed by atoms with Gasteiger partial charge in [0.2, 0.25) is 35.4 Å². The number of carbonyl (C=O) groups is 11. The molecule has 9 rings (SSSR count). The number of aliphatic hydroxyl groups is 1. The number of benzene rings is 2. The number of nitrogens with zero attached hydrogens (tertiary/aromatic N) is 4. The summed E-state index contributed by atoms with van der Waals surface area (Å²) in [6.45, 7) is 8.33. The molecule has 5 atom stereocenters. The molecule has 2 aromatic carbocycles. The van der Waals surface area contributed by atoms with E-state index in [9.17, 15) is 62.6 Å². The Bertz CT molecular complexity index is 3740. The maximum Gasteiger partial charge on any atom is 0.410 e. The predicted octanol–water partition coefficient (Wildman–Crippen LogP) is 1.45. The fourth-order valence-corrected chi connectivity index (χ4v) is 11.4. The molecule has 484 valence electrons. The number of ether oxygens (including phenoxy) is 4. The van der Waals surface area contributed by atoms with Crippen molar-refractivity contribution >= 4 is 76.2 Å². The molecule has 1 fully saturated rings. The summed E-state index contributed by atoms with van der Waals surface area (Å²) in [5.41, 5.74) is -0.420. The highest BCUT2D eigenvalue weighted by Crippen LogP contribution is 2.46. The number of hydrogen-bond donors (Lipinski definition) is 7. The molecule has 5 heterocycles. The number of halogens is 1. The fourth-order valence-electron chi connectivity index (χ4n) is 11.4. The lowest BCUT2D eigenvalue weighted by Gasteiger charge is -2.32. The van der Waals surface area contributed by atoms with Gasteiger partial charge in [-0.3, -0.25) is 57.7 Å². The van der Waals surface area contributed by atoms with Crippen LogP contribution in [0.2, 0.25) is 0 Å². The van der Waals surface area contributed by atoms with E-state index in [0.717, 1.165) is 17.1 Å². The monoisotopic (exact) mass is 1260 g/mol. The largest absolute Gasteiger partial charge is 0.459 e. The molecule has 0 unspecified atom stereocenters. The Balaban J connectivity index is 0.800. The SMILES string of the molecule is CC[C@@]1(O)C(=O)OCc2c1cc1n(c2=O)Cc2c-1nc1cc(F)c(C)c3c1c2[C@@H](NC(=O)[C@@H](OCNC(=O)CNC(=O)[C@H](Cc1ccccc1)NC(=O)CNC(=O)CNC(=O)[C@H](CN(CC(=O)OC(C)(C)C)C(=O)OC(C)(C)C)N1C(=O)C=CC1=O)C1CC1)CC3. The average molecular weight is 1260 g/mol. The quantitative estimate of drug-likeness (QED) is 0.0211. The molecule has 7 N–H and O–H groups in total. The zero-order chi connectivity index (χ0) is 66.0. The number of cyclic esters (lactones) is 1. The summed E-state index contributed by atoms with van der Waals surface area (Å²) >= 11 is 0. The first-order valence-corrected chi connectivity index (χ1v) is 29.9. The van der Waals surface area contributed by atoms with Crippen LogP contribution in [0.5, 0.6) is 0 Å². The maximum atomic E-state index is 15.6. The summed E-state index contributed by atoms with van der Waals surface area (Å²) in [6, 6.07) is 7.69. The molecule has 5 aliphatic rings. The van der Waals surface area contributed by atoms with Crippen LogP contribution < -0.4 is 37.5 Å². The summed E-state index contributed by atoms with van der Waals surface area (Å²) in [6.07, 6.45) is 1.59. The zero-order valence-electron chi connectivity index (χ0n) is 51.6. The first-order chi connectivity index (χ1) is 42.9. The Kier molecular flexibility index (Phi) is 19.3. The number of imide groups is 1. The van der Waals surface area contributed by atoms with Crippen LogP contribution in [-0.4, -0.2) is 159 Å². The Morgan fingerprint density at radius 1 is 0.813 bits per heavy atom. The van der Waals surface area contributed by atoms with Crippen LogP contribution in [0.25, 0.3) is 22.3 Å². The topological polar surface area (TPSA) is 358 Å². The first kappa shape index (κ1) is 66.0. The van der Waals surface area contributed by atoms with Crippen molar-refractivity contribution in [2.45, 2.75) is 148 Å². The lowest BCUT2D eigenvalue weighted by molar-refractivity contribution is -0.172. The molecule has 27 nitrogen and oxygen atoms in total. The smallest absolute Gasteiger partial charge is 0.410 e. The van der Waals surface area contributed by atoms with Crippen molar-refractivity contribution < 1.29 is 81.2 Å². The van der Waals surface area contributed by atoms with Gasteiger partial charge in [0, 0.05) is 41.2 Å². The number of aromatic nitrogens is 2. The Labute approximate surface area is 521 Å². The van der Waals surface area contributed by atoms with Gasteiger partial charge in [-0.25, -0.2) is 19.0 Å².